The van der Waals surface area contributed by atoms with Crippen molar-refractivity contribution in [2.45, 2.75) is 0 Å². The lowest BCUT2D eigenvalue weighted by molar-refractivity contribution is 0.0321. The van der Waals surface area contributed by atoms with Crippen molar-refractivity contribution in [1.82, 2.24) is 14.9 Å². The molecule has 1 saturated heterocycles. The number of aromatic nitrogens is 2. The van der Waals surface area contributed by atoms with Crippen LogP contribution < -0.4 is 19.5 Å². The van der Waals surface area contributed by atoms with Crippen LogP contribution >= 0.6 is 0 Å². The average molecular weight is 462 g/mol. The number of hydrogen-bond donors (Lipinski definition) is 1. The molecule has 1 aliphatic heterocycles. The fourth-order valence-electron chi connectivity index (χ4n) is 3.64. The zero-order valence-corrected chi connectivity index (χ0v) is 19.3. The van der Waals surface area contributed by atoms with Crippen molar-refractivity contribution in [2.75, 3.05) is 59.0 Å². The second-order valence-corrected chi connectivity index (χ2v) is 7.59. The lowest BCUT2D eigenvalue weighted by Gasteiger charge is -2.26. The summed E-state index contributed by atoms with van der Waals surface area (Å²) >= 11 is 0. The van der Waals surface area contributed by atoms with Gasteiger partial charge in [0, 0.05) is 43.1 Å². The predicted molar refractivity (Wildman–Crippen MR) is 128 cm³/mol. The van der Waals surface area contributed by atoms with E-state index in [4.69, 9.17) is 18.9 Å². The Balaban J connectivity index is 1.47. The molecule has 2 aromatic carbocycles. The van der Waals surface area contributed by atoms with E-state index in [1.807, 2.05) is 24.3 Å². The Morgan fingerprint density at radius 1 is 1.03 bits per heavy atom. The highest BCUT2D eigenvalue weighted by molar-refractivity contribution is 5.66. The van der Waals surface area contributed by atoms with Crippen molar-refractivity contribution in [3.63, 3.8) is 0 Å². The molecule has 4 rings (SSSR count). The first-order valence-corrected chi connectivity index (χ1v) is 11.0. The SMILES string of the molecule is COc1ccc(-c2ccnc(Nc3ccc(OC)c(OCCN4CCOCC4)c3)n2)cc1C#N. The summed E-state index contributed by atoms with van der Waals surface area (Å²) in [5.41, 5.74) is 2.70. The fraction of sp³-hybridized carbons (Fsp3) is 0.320. The summed E-state index contributed by atoms with van der Waals surface area (Å²) in [6, 6.07) is 14.9. The molecule has 1 N–H and O–H groups in total. The minimum atomic E-state index is 0.427. The van der Waals surface area contributed by atoms with E-state index in [9.17, 15) is 5.26 Å². The molecule has 176 valence electrons. The lowest BCUT2D eigenvalue weighted by Crippen LogP contribution is -2.38. The van der Waals surface area contributed by atoms with Gasteiger partial charge in [-0.3, -0.25) is 4.90 Å². The van der Waals surface area contributed by atoms with Crippen molar-refractivity contribution in [3.05, 3.63) is 54.2 Å². The highest BCUT2D eigenvalue weighted by Crippen LogP contribution is 2.31. The summed E-state index contributed by atoms with van der Waals surface area (Å²) in [6.45, 7) is 4.72. The molecule has 0 unspecified atom stereocenters. The van der Waals surface area contributed by atoms with Crippen LogP contribution in [0.15, 0.2) is 48.7 Å². The molecular weight excluding hydrogens is 434 g/mol. The third-order valence-electron chi connectivity index (χ3n) is 5.46. The third kappa shape index (κ3) is 5.73. The zero-order chi connectivity index (χ0) is 23.8. The third-order valence-corrected chi connectivity index (χ3v) is 5.46. The second kappa shape index (κ2) is 11.3. The number of ether oxygens (including phenoxy) is 4. The second-order valence-electron chi connectivity index (χ2n) is 7.59. The number of rotatable bonds is 9. The maximum absolute atomic E-state index is 9.37. The van der Waals surface area contributed by atoms with Gasteiger partial charge in [-0.1, -0.05) is 0 Å². The molecule has 0 amide bonds. The minimum Gasteiger partial charge on any atom is -0.495 e. The van der Waals surface area contributed by atoms with Crippen molar-refractivity contribution in [1.29, 1.82) is 5.26 Å². The normalized spacial score (nSPS) is 13.7. The van der Waals surface area contributed by atoms with E-state index >= 15 is 0 Å². The first kappa shape index (κ1) is 23.3. The molecular formula is C25H27N5O4. The first-order valence-electron chi connectivity index (χ1n) is 11.0. The Morgan fingerprint density at radius 2 is 1.82 bits per heavy atom. The summed E-state index contributed by atoms with van der Waals surface area (Å²) in [7, 11) is 3.16. The molecule has 1 aliphatic rings. The topological polar surface area (TPSA) is 102 Å². The Labute approximate surface area is 198 Å². The number of hydrogen-bond acceptors (Lipinski definition) is 9. The van der Waals surface area contributed by atoms with E-state index < -0.39 is 0 Å². The molecule has 0 radical (unpaired) electrons. The molecule has 0 saturated carbocycles. The maximum Gasteiger partial charge on any atom is 0.227 e. The summed E-state index contributed by atoms with van der Waals surface area (Å²) < 4.78 is 22.1. The Hall–Kier alpha value is -3.87. The van der Waals surface area contributed by atoms with Gasteiger partial charge in [-0.25, -0.2) is 9.97 Å². The number of nitrogens with zero attached hydrogens (tertiary/aromatic N) is 4. The number of benzene rings is 2. The van der Waals surface area contributed by atoms with Gasteiger partial charge < -0.3 is 24.3 Å². The number of anilines is 2. The summed E-state index contributed by atoms with van der Waals surface area (Å²) in [4.78, 5) is 11.2. The monoisotopic (exact) mass is 461 g/mol. The van der Waals surface area contributed by atoms with Crippen LogP contribution in [-0.2, 0) is 4.74 Å². The van der Waals surface area contributed by atoms with E-state index in [1.54, 1.807) is 31.5 Å². The number of methoxy groups -OCH3 is 2. The van der Waals surface area contributed by atoms with E-state index in [0.29, 0.717) is 41.1 Å². The highest BCUT2D eigenvalue weighted by Gasteiger charge is 2.12. The molecule has 0 atom stereocenters. The lowest BCUT2D eigenvalue weighted by atomic mass is 10.1. The van der Waals surface area contributed by atoms with Gasteiger partial charge in [-0.15, -0.1) is 0 Å². The number of nitrogens with one attached hydrogen (secondary N) is 1. The maximum atomic E-state index is 9.37. The van der Waals surface area contributed by atoms with Crippen molar-refractivity contribution >= 4 is 11.6 Å². The van der Waals surface area contributed by atoms with E-state index in [0.717, 1.165) is 44.1 Å². The highest BCUT2D eigenvalue weighted by atomic mass is 16.5. The molecule has 1 aromatic heterocycles. The first-order chi connectivity index (χ1) is 16.7. The van der Waals surface area contributed by atoms with Gasteiger partial charge >= 0.3 is 0 Å². The van der Waals surface area contributed by atoms with Crippen LogP contribution in [-0.4, -0.2) is 68.5 Å². The predicted octanol–water partition coefficient (Wildman–Crippen LogP) is 3.49. The average Bonchev–Trinajstić information content (AvgIpc) is 2.89. The Kier molecular flexibility index (Phi) is 7.75. The Bertz CT molecular complexity index is 1160. The van der Waals surface area contributed by atoms with Crippen LogP contribution in [0.25, 0.3) is 11.3 Å². The quantitative estimate of drug-likeness (QED) is 0.513. The largest absolute Gasteiger partial charge is 0.495 e. The van der Waals surface area contributed by atoms with Crippen LogP contribution in [0.1, 0.15) is 5.56 Å². The van der Waals surface area contributed by atoms with Gasteiger partial charge in [0.15, 0.2) is 11.5 Å². The number of nitriles is 1. The van der Waals surface area contributed by atoms with Crippen LogP contribution in [0.5, 0.6) is 17.2 Å². The van der Waals surface area contributed by atoms with Crippen LogP contribution in [0.3, 0.4) is 0 Å². The van der Waals surface area contributed by atoms with Gasteiger partial charge in [-0.05, 0) is 36.4 Å². The van der Waals surface area contributed by atoms with Crippen molar-refractivity contribution in [3.8, 4) is 34.6 Å². The van der Waals surface area contributed by atoms with Crippen LogP contribution in [0, 0.1) is 11.3 Å². The van der Waals surface area contributed by atoms with Gasteiger partial charge in [0.1, 0.15) is 18.4 Å². The van der Waals surface area contributed by atoms with Gasteiger partial charge in [-0.2, -0.15) is 5.26 Å². The summed E-state index contributed by atoms with van der Waals surface area (Å²) in [5.74, 6) is 2.25. The molecule has 0 spiro atoms. The summed E-state index contributed by atoms with van der Waals surface area (Å²) in [5, 5.41) is 12.6. The number of morpholine rings is 1. The molecule has 3 aromatic rings. The molecule has 9 nitrogen and oxygen atoms in total. The molecule has 34 heavy (non-hydrogen) atoms. The smallest absolute Gasteiger partial charge is 0.227 e. The van der Waals surface area contributed by atoms with E-state index in [1.165, 1.54) is 7.11 Å². The molecule has 1 fully saturated rings. The van der Waals surface area contributed by atoms with Crippen LogP contribution in [0.4, 0.5) is 11.6 Å². The standard InChI is InChI=1S/C25H27N5O4/c1-31-22-5-3-18(15-19(22)17-26)21-7-8-27-25(29-21)28-20-4-6-23(32-2)24(16-20)34-14-11-30-9-12-33-13-10-30/h3-8,15-16H,9-14H2,1-2H3,(H,27,28,29). The molecule has 0 bridgehead atoms. The van der Waals surface area contributed by atoms with Gasteiger partial charge in [0.25, 0.3) is 0 Å². The molecule has 9 heteroatoms. The molecule has 2 heterocycles. The Morgan fingerprint density at radius 3 is 2.59 bits per heavy atom. The van der Waals surface area contributed by atoms with Gasteiger partial charge in [0.05, 0.1) is 38.7 Å². The van der Waals surface area contributed by atoms with Gasteiger partial charge in [0.2, 0.25) is 5.95 Å². The summed E-state index contributed by atoms with van der Waals surface area (Å²) in [6.07, 6.45) is 1.67. The molecule has 0 aliphatic carbocycles. The zero-order valence-electron chi connectivity index (χ0n) is 19.3. The van der Waals surface area contributed by atoms with Crippen LogP contribution in [0.2, 0.25) is 0 Å². The van der Waals surface area contributed by atoms with E-state index in [-0.39, 0.29) is 0 Å². The van der Waals surface area contributed by atoms with E-state index in [2.05, 4.69) is 26.3 Å². The minimum absolute atomic E-state index is 0.427. The van der Waals surface area contributed by atoms with Crippen molar-refractivity contribution in [2.24, 2.45) is 0 Å². The van der Waals surface area contributed by atoms with Crippen molar-refractivity contribution < 1.29 is 18.9 Å². The fourth-order valence-corrected chi connectivity index (χ4v) is 3.64.